The number of alkyl halides is 1. The second kappa shape index (κ2) is 3.31. The van der Waals surface area contributed by atoms with Crippen LogP contribution in [-0.2, 0) is 0 Å². The minimum absolute atomic E-state index is 0. The predicted molar refractivity (Wildman–Crippen MR) is 39.7 cm³/mol. The van der Waals surface area contributed by atoms with Crippen LogP contribution in [-0.4, -0.2) is 27.9 Å². The lowest BCUT2D eigenvalue weighted by Gasteiger charge is -1.91. The highest BCUT2D eigenvalue weighted by atomic mass is 79.9. The van der Waals surface area contributed by atoms with Gasteiger partial charge in [0.1, 0.15) is 0 Å². The quantitative estimate of drug-likeness (QED) is 0.416. The Hall–Kier alpha value is 1.25. The van der Waals surface area contributed by atoms with Gasteiger partial charge in [-0.3, -0.25) is 0 Å². The highest BCUT2D eigenvalue weighted by Crippen LogP contribution is 2.35. The van der Waals surface area contributed by atoms with Gasteiger partial charge in [-0.1, -0.05) is 22.9 Å². The van der Waals surface area contributed by atoms with Crippen molar-refractivity contribution in [1.29, 1.82) is 0 Å². The molecule has 1 aliphatic carbocycles. The molecule has 0 bridgehead atoms. The van der Waals surface area contributed by atoms with Crippen LogP contribution >= 0.6 is 15.9 Å². The molecule has 1 aliphatic rings. The average Bonchev–Trinajstić information content (AvgIpc) is 2.06. The normalized spacial score (nSPS) is 23.1. The van der Waals surface area contributed by atoms with Crippen LogP contribution in [0.25, 0.3) is 0 Å². The Kier molecular flexibility index (Phi) is 3.90. The van der Waals surface area contributed by atoms with Crippen LogP contribution in [0.4, 0.5) is 0 Å². The maximum Gasteiger partial charge on any atom is 0.316 e. The van der Waals surface area contributed by atoms with Crippen molar-refractivity contribution in [2.45, 2.75) is 24.6 Å². The standard InChI is InChI=1S/C5H9Br.Mg.2H/c1-4(6)5-2-3-5;;;/h4-5H,2-3H2,1H3;;;. The third kappa shape index (κ3) is 2.93. The van der Waals surface area contributed by atoms with Gasteiger partial charge in [-0.05, 0) is 18.8 Å². The highest BCUT2D eigenvalue weighted by Gasteiger charge is 2.25. The van der Waals surface area contributed by atoms with Crippen molar-refractivity contribution >= 4 is 39.0 Å². The smallest absolute Gasteiger partial charge is 0.0891 e. The fraction of sp³-hybridized carbons (Fsp3) is 1.00. The molecule has 0 nitrogen and oxygen atoms in total. The first-order valence-corrected chi connectivity index (χ1v) is 3.36. The third-order valence-electron chi connectivity index (χ3n) is 1.27. The first-order valence-electron chi connectivity index (χ1n) is 2.45. The summed E-state index contributed by atoms with van der Waals surface area (Å²) in [5.41, 5.74) is 0. The lowest BCUT2D eigenvalue weighted by molar-refractivity contribution is 0.834. The average molecular weight is 175 g/mol. The van der Waals surface area contributed by atoms with Crippen molar-refractivity contribution in [2.75, 3.05) is 0 Å². The van der Waals surface area contributed by atoms with Gasteiger partial charge in [0.25, 0.3) is 0 Å². The highest BCUT2D eigenvalue weighted by molar-refractivity contribution is 9.09. The number of hydrogen-bond donors (Lipinski definition) is 0. The van der Waals surface area contributed by atoms with Gasteiger partial charge in [0.15, 0.2) is 0 Å². The van der Waals surface area contributed by atoms with Crippen LogP contribution < -0.4 is 0 Å². The minimum Gasteiger partial charge on any atom is -0.0891 e. The van der Waals surface area contributed by atoms with E-state index in [9.17, 15) is 0 Å². The number of hydrogen-bond acceptors (Lipinski definition) is 0. The fourth-order valence-electron chi connectivity index (χ4n) is 0.556. The molecule has 0 N–H and O–H groups in total. The predicted octanol–water partition coefficient (Wildman–Crippen LogP) is 1.26. The van der Waals surface area contributed by atoms with Crippen molar-refractivity contribution in [2.24, 2.45) is 5.92 Å². The molecular formula is C5H11BrMg. The van der Waals surface area contributed by atoms with Crippen LogP contribution in [0.5, 0.6) is 0 Å². The van der Waals surface area contributed by atoms with Crippen molar-refractivity contribution in [1.82, 2.24) is 0 Å². The van der Waals surface area contributed by atoms with Gasteiger partial charge in [0.2, 0.25) is 0 Å². The Balaban J connectivity index is 0.000000360. The molecule has 1 atom stereocenters. The molecule has 7 heavy (non-hydrogen) atoms. The maximum atomic E-state index is 3.50. The Morgan fingerprint density at radius 2 is 2.00 bits per heavy atom. The molecule has 0 saturated heterocycles. The van der Waals surface area contributed by atoms with E-state index in [4.69, 9.17) is 0 Å². The number of rotatable bonds is 1. The summed E-state index contributed by atoms with van der Waals surface area (Å²) in [5.74, 6) is 1.02. The van der Waals surface area contributed by atoms with Crippen molar-refractivity contribution in [3.63, 3.8) is 0 Å². The second-order valence-corrected chi connectivity index (χ2v) is 3.46. The van der Waals surface area contributed by atoms with E-state index < -0.39 is 0 Å². The topological polar surface area (TPSA) is 0 Å². The zero-order valence-corrected chi connectivity index (χ0v) is 5.53. The Morgan fingerprint density at radius 1 is 1.57 bits per heavy atom. The Bertz CT molecular complexity index is 50.0. The summed E-state index contributed by atoms with van der Waals surface area (Å²) in [7, 11) is 0. The van der Waals surface area contributed by atoms with Gasteiger partial charge < -0.3 is 0 Å². The zero-order valence-electron chi connectivity index (χ0n) is 3.95. The lowest BCUT2D eigenvalue weighted by Crippen LogP contribution is -1.88. The Labute approximate surface area is 69.3 Å². The number of halogens is 1. The van der Waals surface area contributed by atoms with Gasteiger partial charge in [-0.25, -0.2) is 0 Å². The van der Waals surface area contributed by atoms with Crippen LogP contribution in [0.15, 0.2) is 0 Å². The summed E-state index contributed by atoms with van der Waals surface area (Å²) in [6.07, 6.45) is 2.90. The van der Waals surface area contributed by atoms with E-state index in [1.54, 1.807) is 0 Å². The molecule has 0 aliphatic heterocycles. The molecular weight excluding hydrogens is 164 g/mol. The van der Waals surface area contributed by atoms with Crippen molar-refractivity contribution in [3.05, 3.63) is 0 Å². The molecule has 40 valence electrons. The molecule has 1 rings (SSSR count). The Morgan fingerprint density at radius 3 is 2.00 bits per heavy atom. The molecule has 0 spiro atoms. The largest absolute Gasteiger partial charge is 0.316 e. The third-order valence-corrected chi connectivity index (χ3v) is 2.02. The lowest BCUT2D eigenvalue weighted by atomic mass is 10.3. The molecule has 0 aromatic heterocycles. The summed E-state index contributed by atoms with van der Waals surface area (Å²) in [5, 5.41) is 0. The van der Waals surface area contributed by atoms with Gasteiger partial charge in [0.05, 0.1) is 0 Å². The summed E-state index contributed by atoms with van der Waals surface area (Å²) < 4.78 is 0. The SMILES string of the molecule is CC(Br)C1CC1.[MgH2]. The molecule has 1 unspecified atom stereocenters. The molecule has 1 fully saturated rings. The minimum atomic E-state index is 0. The van der Waals surface area contributed by atoms with Gasteiger partial charge in [-0.2, -0.15) is 0 Å². The molecule has 1 saturated carbocycles. The van der Waals surface area contributed by atoms with E-state index in [0.717, 1.165) is 10.7 Å². The monoisotopic (exact) mass is 174 g/mol. The van der Waals surface area contributed by atoms with Gasteiger partial charge >= 0.3 is 23.1 Å². The fourth-order valence-corrected chi connectivity index (χ4v) is 1.08. The van der Waals surface area contributed by atoms with Crippen LogP contribution in [0.1, 0.15) is 19.8 Å². The molecule has 0 aromatic rings. The van der Waals surface area contributed by atoms with E-state index in [-0.39, 0.29) is 23.1 Å². The molecule has 0 heterocycles. The maximum absolute atomic E-state index is 3.50. The van der Waals surface area contributed by atoms with Crippen molar-refractivity contribution < 1.29 is 0 Å². The van der Waals surface area contributed by atoms with Crippen LogP contribution in [0.2, 0.25) is 0 Å². The van der Waals surface area contributed by atoms with Crippen molar-refractivity contribution in [3.8, 4) is 0 Å². The molecule has 0 aromatic carbocycles. The van der Waals surface area contributed by atoms with Crippen LogP contribution in [0, 0.1) is 5.92 Å². The van der Waals surface area contributed by atoms with Gasteiger partial charge in [0, 0.05) is 4.83 Å². The zero-order chi connectivity index (χ0) is 4.57. The van der Waals surface area contributed by atoms with E-state index in [1.807, 2.05) is 0 Å². The first-order chi connectivity index (χ1) is 2.80. The summed E-state index contributed by atoms with van der Waals surface area (Å²) in [6.45, 7) is 2.22. The summed E-state index contributed by atoms with van der Waals surface area (Å²) in [4.78, 5) is 0.775. The van der Waals surface area contributed by atoms with Gasteiger partial charge in [-0.15, -0.1) is 0 Å². The second-order valence-electron chi connectivity index (χ2n) is 2.01. The molecule has 2 heteroatoms. The van der Waals surface area contributed by atoms with E-state index in [0.29, 0.717) is 0 Å². The van der Waals surface area contributed by atoms with E-state index in [2.05, 4.69) is 22.9 Å². The van der Waals surface area contributed by atoms with Crippen LogP contribution in [0.3, 0.4) is 0 Å². The van der Waals surface area contributed by atoms with E-state index >= 15 is 0 Å². The molecule has 0 radical (unpaired) electrons. The summed E-state index contributed by atoms with van der Waals surface area (Å²) in [6, 6.07) is 0. The first kappa shape index (κ1) is 8.25. The summed E-state index contributed by atoms with van der Waals surface area (Å²) >= 11 is 3.50. The van der Waals surface area contributed by atoms with E-state index in [1.165, 1.54) is 12.8 Å². The molecule has 0 amide bonds.